The van der Waals surface area contributed by atoms with Crippen molar-refractivity contribution in [3.63, 3.8) is 0 Å². The first kappa shape index (κ1) is 19.2. The minimum absolute atomic E-state index is 0.0260. The number of aliphatic hydroxyl groups is 1. The number of benzene rings is 2. The van der Waals surface area contributed by atoms with Crippen LogP contribution in [0.4, 0.5) is 10.1 Å². The van der Waals surface area contributed by atoms with Gasteiger partial charge in [0.05, 0.1) is 5.52 Å². The monoisotopic (exact) mass is 405 g/mol. The summed E-state index contributed by atoms with van der Waals surface area (Å²) in [5.74, 6) is -0.515. The zero-order valence-electron chi connectivity index (χ0n) is 16.7. The molecule has 30 heavy (non-hydrogen) atoms. The van der Waals surface area contributed by atoms with Gasteiger partial charge in [-0.05, 0) is 66.6 Å². The van der Waals surface area contributed by atoms with E-state index in [1.165, 1.54) is 12.1 Å². The number of pyridine rings is 1. The summed E-state index contributed by atoms with van der Waals surface area (Å²) in [6.07, 6.45) is 3.57. The molecule has 1 aromatic heterocycles. The van der Waals surface area contributed by atoms with E-state index >= 15 is 0 Å². The van der Waals surface area contributed by atoms with Gasteiger partial charge in [0.2, 0.25) is 5.91 Å². The molecule has 2 atom stereocenters. The Bertz CT molecular complexity index is 1100. The Hall–Kier alpha value is -2.83. The highest BCUT2D eigenvalue weighted by molar-refractivity contribution is 5.93. The first-order valence-electron chi connectivity index (χ1n) is 10.3. The smallest absolute Gasteiger partial charge is 0.227 e. The van der Waals surface area contributed by atoms with E-state index in [0.29, 0.717) is 5.69 Å². The van der Waals surface area contributed by atoms with Crippen molar-refractivity contribution in [3.8, 4) is 0 Å². The SMILES string of the molecule is C[C@H](C(=O)Nc1ccc(F)cc1)C12CC(NC(O)c3ccc4cccnc4c3)(C1)C2. The molecular weight excluding hydrogens is 381 g/mol. The summed E-state index contributed by atoms with van der Waals surface area (Å²) in [5.41, 5.74) is 2.12. The second-order valence-electron chi connectivity index (χ2n) is 8.89. The molecule has 1 amide bonds. The number of halogens is 1. The van der Waals surface area contributed by atoms with Crippen molar-refractivity contribution in [2.45, 2.75) is 38.0 Å². The average molecular weight is 405 g/mol. The Kier molecular flexibility index (Phi) is 4.38. The van der Waals surface area contributed by atoms with Gasteiger partial charge in [-0.25, -0.2) is 4.39 Å². The molecule has 3 N–H and O–H groups in total. The summed E-state index contributed by atoms with van der Waals surface area (Å²) < 4.78 is 13.0. The van der Waals surface area contributed by atoms with Crippen LogP contribution in [-0.2, 0) is 4.79 Å². The van der Waals surface area contributed by atoms with Gasteiger partial charge >= 0.3 is 0 Å². The van der Waals surface area contributed by atoms with Gasteiger partial charge in [0, 0.05) is 28.7 Å². The molecule has 3 aromatic rings. The quantitative estimate of drug-likeness (QED) is 0.539. The van der Waals surface area contributed by atoms with Gasteiger partial charge in [-0.15, -0.1) is 0 Å². The van der Waals surface area contributed by atoms with Crippen LogP contribution in [0.2, 0.25) is 0 Å². The molecular formula is C24H24FN3O2. The Balaban J connectivity index is 1.19. The standard InChI is InChI=1S/C24H24FN3O2/c1-15(21(29)27-19-8-6-18(25)7-9-19)23-12-24(13-23,14-23)28-22(30)17-5-4-16-3-2-10-26-20(16)11-17/h2-11,15,22,28,30H,12-14H2,1H3,(H,27,29)/t15-,22?,23?,24?/m1/s1. The van der Waals surface area contributed by atoms with E-state index in [9.17, 15) is 14.3 Å². The van der Waals surface area contributed by atoms with Crippen LogP contribution in [0, 0.1) is 17.2 Å². The maximum Gasteiger partial charge on any atom is 0.227 e. The highest BCUT2D eigenvalue weighted by atomic mass is 19.1. The molecule has 3 aliphatic rings. The molecule has 0 spiro atoms. The highest BCUT2D eigenvalue weighted by Gasteiger charge is 2.70. The minimum atomic E-state index is -0.766. The molecule has 5 nitrogen and oxygen atoms in total. The Morgan fingerprint density at radius 1 is 1.13 bits per heavy atom. The van der Waals surface area contributed by atoms with E-state index in [-0.39, 0.29) is 28.6 Å². The van der Waals surface area contributed by atoms with E-state index in [4.69, 9.17) is 0 Å². The van der Waals surface area contributed by atoms with Crippen molar-refractivity contribution < 1.29 is 14.3 Å². The van der Waals surface area contributed by atoms with Crippen LogP contribution < -0.4 is 10.6 Å². The van der Waals surface area contributed by atoms with E-state index in [0.717, 1.165) is 35.7 Å². The number of aliphatic hydroxyl groups excluding tert-OH is 1. The Morgan fingerprint density at radius 2 is 1.87 bits per heavy atom. The molecule has 2 bridgehead atoms. The number of hydrogen-bond donors (Lipinski definition) is 3. The van der Waals surface area contributed by atoms with Gasteiger partial charge in [0.1, 0.15) is 12.0 Å². The third kappa shape index (κ3) is 3.16. The normalized spacial score (nSPS) is 26.4. The first-order chi connectivity index (χ1) is 14.4. The van der Waals surface area contributed by atoms with Gasteiger partial charge in [-0.3, -0.25) is 15.1 Å². The minimum Gasteiger partial charge on any atom is -0.374 e. The van der Waals surface area contributed by atoms with Gasteiger partial charge in [0.25, 0.3) is 0 Å². The number of amides is 1. The molecule has 0 aliphatic heterocycles. The summed E-state index contributed by atoms with van der Waals surface area (Å²) in [6, 6.07) is 15.5. The molecule has 3 aliphatic carbocycles. The highest BCUT2D eigenvalue weighted by Crippen LogP contribution is 2.71. The van der Waals surface area contributed by atoms with Crippen LogP contribution in [0.1, 0.15) is 38.0 Å². The molecule has 1 heterocycles. The molecule has 3 fully saturated rings. The van der Waals surface area contributed by atoms with Gasteiger partial charge in [0.15, 0.2) is 0 Å². The van der Waals surface area contributed by atoms with Crippen LogP contribution in [-0.4, -0.2) is 21.5 Å². The number of rotatable bonds is 6. The molecule has 6 heteroatoms. The summed E-state index contributed by atoms with van der Waals surface area (Å²) in [5, 5.41) is 18.0. The van der Waals surface area contributed by atoms with Crippen LogP contribution in [0.3, 0.4) is 0 Å². The Labute approximate surface area is 174 Å². The van der Waals surface area contributed by atoms with Crippen LogP contribution in [0.5, 0.6) is 0 Å². The fourth-order valence-electron chi connectivity index (χ4n) is 5.17. The second kappa shape index (κ2) is 6.86. The first-order valence-corrected chi connectivity index (χ1v) is 10.3. The van der Waals surface area contributed by atoms with Gasteiger partial charge in [-0.2, -0.15) is 0 Å². The van der Waals surface area contributed by atoms with Gasteiger partial charge < -0.3 is 10.4 Å². The van der Waals surface area contributed by atoms with Crippen molar-refractivity contribution in [3.05, 3.63) is 72.2 Å². The molecule has 2 aromatic carbocycles. The molecule has 1 unspecified atom stereocenters. The number of nitrogens with one attached hydrogen (secondary N) is 2. The lowest BCUT2D eigenvalue weighted by Crippen LogP contribution is -2.76. The molecule has 3 saturated carbocycles. The average Bonchev–Trinajstić information content (AvgIpc) is 2.70. The number of anilines is 1. The lowest BCUT2D eigenvalue weighted by atomic mass is 9.36. The lowest BCUT2D eigenvalue weighted by Gasteiger charge is -2.73. The van der Waals surface area contributed by atoms with Crippen molar-refractivity contribution in [2.75, 3.05) is 5.32 Å². The predicted molar refractivity (Wildman–Crippen MR) is 113 cm³/mol. The van der Waals surface area contributed by atoms with Crippen molar-refractivity contribution in [1.82, 2.24) is 10.3 Å². The van der Waals surface area contributed by atoms with Crippen LogP contribution in [0.15, 0.2) is 60.8 Å². The zero-order chi connectivity index (χ0) is 20.9. The fourth-order valence-corrected chi connectivity index (χ4v) is 5.17. The van der Waals surface area contributed by atoms with E-state index in [1.807, 2.05) is 37.3 Å². The largest absolute Gasteiger partial charge is 0.374 e. The maximum atomic E-state index is 13.0. The molecule has 6 rings (SSSR count). The van der Waals surface area contributed by atoms with Gasteiger partial charge in [-0.1, -0.05) is 25.1 Å². The number of nitrogens with zero attached hydrogens (tertiary/aromatic N) is 1. The molecule has 154 valence electrons. The van der Waals surface area contributed by atoms with Crippen LogP contribution >= 0.6 is 0 Å². The second-order valence-corrected chi connectivity index (χ2v) is 8.89. The number of carbonyl (C=O) groups excluding carboxylic acids is 1. The third-order valence-corrected chi connectivity index (χ3v) is 6.88. The van der Waals surface area contributed by atoms with Crippen molar-refractivity contribution in [1.29, 1.82) is 0 Å². The number of hydrogen-bond acceptors (Lipinski definition) is 4. The third-order valence-electron chi connectivity index (χ3n) is 6.88. The Morgan fingerprint density at radius 3 is 2.60 bits per heavy atom. The summed E-state index contributed by atoms with van der Waals surface area (Å²) >= 11 is 0. The topological polar surface area (TPSA) is 74.2 Å². The van der Waals surface area contributed by atoms with Crippen molar-refractivity contribution in [2.24, 2.45) is 11.3 Å². The van der Waals surface area contributed by atoms with E-state index in [2.05, 4.69) is 15.6 Å². The number of fused-ring (bicyclic) bond motifs is 1. The lowest BCUT2D eigenvalue weighted by molar-refractivity contribution is -0.202. The van der Waals surface area contributed by atoms with Crippen LogP contribution in [0.25, 0.3) is 10.9 Å². The van der Waals surface area contributed by atoms with E-state index < -0.39 is 6.23 Å². The van der Waals surface area contributed by atoms with E-state index in [1.54, 1.807) is 18.3 Å². The maximum absolute atomic E-state index is 13.0. The molecule has 0 radical (unpaired) electrons. The zero-order valence-corrected chi connectivity index (χ0v) is 16.7. The predicted octanol–water partition coefficient (Wildman–Crippen LogP) is 4.15. The summed E-state index contributed by atoms with van der Waals surface area (Å²) in [7, 11) is 0. The number of aromatic nitrogens is 1. The van der Waals surface area contributed by atoms with Crippen molar-refractivity contribution >= 4 is 22.5 Å². The fraction of sp³-hybridized carbons (Fsp3) is 0.333. The summed E-state index contributed by atoms with van der Waals surface area (Å²) in [4.78, 5) is 17.0. The summed E-state index contributed by atoms with van der Waals surface area (Å²) in [6.45, 7) is 1.95. The number of carbonyl (C=O) groups is 1. The molecule has 0 saturated heterocycles.